The van der Waals surface area contributed by atoms with E-state index in [1.54, 1.807) is 0 Å². The van der Waals surface area contributed by atoms with Gasteiger partial charge in [-0.05, 0) is 49.3 Å². The van der Waals surface area contributed by atoms with Crippen LogP contribution in [0, 0.1) is 5.92 Å². The van der Waals surface area contributed by atoms with Crippen LogP contribution < -0.4 is 5.73 Å². The van der Waals surface area contributed by atoms with Gasteiger partial charge in [0, 0.05) is 17.6 Å². The van der Waals surface area contributed by atoms with Crippen molar-refractivity contribution in [1.82, 2.24) is 4.98 Å². The van der Waals surface area contributed by atoms with Crippen LogP contribution in [0.25, 0.3) is 10.9 Å². The number of hydrogen-bond acceptors (Lipinski definition) is 2. The average molecular weight is 226 g/mol. The molecule has 0 spiro atoms. The summed E-state index contributed by atoms with van der Waals surface area (Å²) in [6.07, 6.45) is 6.71. The molecule has 2 aromatic rings. The fourth-order valence-electron chi connectivity index (χ4n) is 2.94. The molecule has 0 radical (unpaired) electrons. The normalized spacial score (nSPS) is 24.3. The van der Waals surface area contributed by atoms with E-state index in [4.69, 9.17) is 5.73 Å². The highest BCUT2D eigenvalue weighted by Gasteiger charge is 2.22. The molecule has 0 aliphatic heterocycles. The van der Waals surface area contributed by atoms with Gasteiger partial charge < -0.3 is 5.73 Å². The summed E-state index contributed by atoms with van der Waals surface area (Å²) in [5, 5.41) is 1.30. The lowest BCUT2D eigenvalue weighted by Crippen LogP contribution is -2.15. The maximum Gasteiger partial charge on any atom is 0.0704 e. The average Bonchev–Trinajstić information content (AvgIpc) is 2.75. The third kappa shape index (κ3) is 2.18. The lowest BCUT2D eigenvalue weighted by atomic mass is 9.95. The first kappa shape index (κ1) is 10.7. The largest absolute Gasteiger partial charge is 0.328 e. The Kier molecular flexibility index (Phi) is 2.81. The van der Waals surface area contributed by atoms with Crippen molar-refractivity contribution in [2.45, 2.75) is 31.7 Å². The zero-order valence-corrected chi connectivity index (χ0v) is 9.97. The fourth-order valence-corrected chi connectivity index (χ4v) is 2.94. The smallest absolute Gasteiger partial charge is 0.0704 e. The Morgan fingerprint density at radius 2 is 2.06 bits per heavy atom. The van der Waals surface area contributed by atoms with Crippen LogP contribution >= 0.6 is 0 Å². The van der Waals surface area contributed by atoms with Gasteiger partial charge in [-0.15, -0.1) is 0 Å². The van der Waals surface area contributed by atoms with Crippen molar-refractivity contribution in [2.24, 2.45) is 11.7 Å². The van der Waals surface area contributed by atoms with Gasteiger partial charge in [0.1, 0.15) is 0 Å². The maximum atomic E-state index is 5.98. The van der Waals surface area contributed by atoms with Crippen molar-refractivity contribution in [3.63, 3.8) is 0 Å². The lowest BCUT2D eigenvalue weighted by molar-refractivity contribution is 0.536. The van der Waals surface area contributed by atoms with Crippen molar-refractivity contribution in [3.05, 3.63) is 42.1 Å². The highest BCUT2D eigenvalue weighted by molar-refractivity contribution is 5.81. The predicted molar refractivity (Wildman–Crippen MR) is 70.8 cm³/mol. The van der Waals surface area contributed by atoms with E-state index in [0.717, 1.165) is 17.9 Å². The molecule has 0 saturated heterocycles. The lowest BCUT2D eigenvalue weighted by Gasteiger charge is -2.11. The molecule has 88 valence electrons. The molecule has 0 amide bonds. The Morgan fingerprint density at radius 3 is 2.88 bits per heavy atom. The molecule has 2 atom stereocenters. The first-order valence-electron chi connectivity index (χ1n) is 6.41. The van der Waals surface area contributed by atoms with Crippen LogP contribution in [0.15, 0.2) is 36.5 Å². The second-order valence-corrected chi connectivity index (χ2v) is 5.13. The number of aromatic nitrogens is 1. The maximum absolute atomic E-state index is 5.98. The Hall–Kier alpha value is -1.41. The van der Waals surface area contributed by atoms with Gasteiger partial charge in [0.15, 0.2) is 0 Å². The summed E-state index contributed by atoms with van der Waals surface area (Å²) in [5.74, 6) is 0.760. The molecule has 1 fully saturated rings. The van der Waals surface area contributed by atoms with E-state index in [9.17, 15) is 0 Å². The molecular weight excluding hydrogens is 208 g/mol. The minimum atomic E-state index is 0.424. The van der Waals surface area contributed by atoms with Crippen LogP contribution in [0.3, 0.4) is 0 Å². The molecule has 17 heavy (non-hydrogen) atoms. The second kappa shape index (κ2) is 4.46. The standard InChI is InChI=1S/C15H18N2/c16-13-6-5-11(10-13)9-12-7-8-17-15-4-2-1-3-14(12)15/h1-4,7-8,11,13H,5-6,9-10,16H2. The topological polar surface area (TPSA) is 38.9 Å². The van der Waals surface area contributed by atoms with Crippen molar-refractivity contribution in [2.75, 3.05) is 0 Å². The van der Waals surface area contributed by atoms with Gasteiger partial charge in [-0.1, -0.05) is 18.2 Å². The monoisotopic (exact) mass is 226 g/mol. The molecule has 2 heteroatoms. The zero-order chi connectivity index (χ0) is 11.7. The number of nitrogens with two attached hydrogens (primary N) is 1. The van der Waals surface area contributed by atoms with Crippen molar-refractivity contribution < 1.29 is 0 Å². The van der Waals surface area contributed by atoms with E-state index in [-0.39, 0.29) is 0 Å². The van der Waals surface area contributed by atoms with Gasteiger partial charge in [-0.25, -0.2) is 0 Å². The molecule has 3 rings (SSSR count). The number of benzene rings is 1. The predicted octanol–water partition coefficient (Wildman–Crippen LogP) is 2.90. The minimum absolute atomic E-state index is 0.424. The molecule has 1 aliphatic carbocycles. The summed E-state index contributed by atoms with van der Waals surface area (Å²) in [7, 11) is 0. The third-order valence-corrected chi connectivity index (χ3v) is 3.83. The van der Waals surface area contributed by atoms with E-state index in [1.165, 1.54) is 30.2 Å². The highest BCUT2D eigenvalue weighted by Crippen LogP contribution is 2.29. The second-order valence-electron chi connectivity index (χ2n) is 5.13. The molecule has 1 aliphatic rings. The summed E-state index contributed by atoms with van der Waals surface area (Å²) in [6, 6.07) is 11.0. The van der Waals surface area contributed by atoms with Gasteiger partial charge in [-0.3, -0.25) is 4.98 Å². The molecule has 1 saturated carbocycles. The fraction of sp³-hybridized carbons (Fsp3) is 0.400. The van der Waals surface area contributed by atoms with Crippen LogP contribution in [-0.4, -0.2) is 11.0 Å². The van der Waals surface area contributed by atoms with E-state index in [1.807, 2.05) is 12.3 Å². The quantitative estimate of drug-likeness (QED) is 0.855. The van der Waals surface area contributed by atoms with Crippen LogP contribution in [0.4, 0.5) is 0 Å². The van der Waals surface area contributed by atoms with Crippen LogP contribution in [0.1, 0.15) is 24.8 Å². The Labute approximate surface area is 102 Å². The number of hydrogen-bond donors (Lipinski definition) is 1. The summed E-state index contributed by atoms with van der Waals surface area (Å²) in [4.78, 5) is 4.41. The zero-order valence-electron chi connectivity index (χ0n) is 9.97. The summed E-state index contributed by atoms with van der Waals surface area (Å²) in [5.41, 5.74) is 8.51. The molecule has 1 aromatic heterocycles. The van der Waals surface area contributed by atoms with Gasteiger partial charge in [-0.2, -0.15) is 0 Å². The Morgan fingerprint density at radius 1 is 1.18 bits per heavy atom. The van der Waals surface area contributed by atoms with Crippen molar-refractivity contribution in [3.8, 4) is 0 Å². The first-order chi connectivity index (χ1) is 8.33. The molecule has 1 heterocycles. The Bertz CT molecular complexity index is 516. The molecule has 2 unspecified atom stereocenters. The van der Waals surface area contributed by atoms with Crippen molar-refractivity contribution in [1.29, 1.82) is 0 Å². The Balaban J connectivity index is 1.90. The van der Waals surface area contributed by atoms with Crippen LogP contribution in [0.2, 0.25) is 0 Å². The van der Waals surface area contributed by atoms with Crippen molar-refractivity contribution >= 4 is 10.9 Å². The number of fused-ring (bicyclic) bond motifs is 1. The first-order valence-corrected chi connectivity index (χ1v) is 6.41. The molecule has 0 bridgehead atoms. The van der Waals surface area contributed by atoms with E-state index in [2.05, 4.69) is 29.2 Å². The van der Waals surface area contributed by atoms with E-state index >= 15 is 0 Å². The highest BCUT2D eigenvalue weighted by atomic mass is 14.7. The van der Waals surface area contributed by atoms with Gasteiger partial charge in [0.25, 0.3) is 0 Å². The molecule has 1 aromatic carbocycles. The minimum Gasteiger partial charge on any atom is -0.328 e. The number of nitrogens with zero attached hydrogens (tertiary/aromatic N) is 1. The van der Waals surface area contributed by atoms with Gasteiger partial charge in [0.2, 0.25) is 0 Å². The number of pyridine rings is 1. The summed E-state index contributed by atoms with van der Waals surface area (Å²) >= 11 is 0. The van der Waals surface area contributed by atoms with Gasteiger partial charge >= 0.3 is 0 Å². The van der Waals surface area contributed by atoms with E-state index in [0.29, 0.717) is 6.04 Å². The number of rotatable bonds is 2. The number of para-hydroxylation sites is 1. The van der Waals surface area contributed by atoms with Crippen LogP contribution in [-0.2, 0) is 6.42 Å². The van der Waals surface area contributed by atoms with Gasteiger partial charge in [0.05, 0.1) is 5.52 Å². The van der Waals surface area contributed by atoms with Crippen LogP contribution in [0.5, 0.6) is 0 Å². The van der Waals surface area contributed by atoms with E-state index < -0.39 is 0 Å². The molecule has 2 N–H and O–H groups in total. The summed E-state index contributed by atoms with van der Waals surface area (Å²) < 4.78 is 0. The summed E-state index contributed by atoms with van der Waals surface area (Å²) in [6.45, 7) is 0. The SMILES string of the molecule is NC1CCC(Cc2ccnc3ccccc23)C1. The third-order valence-electron chi connectivity index (χ3n) is 3.83. The molecule has 2 nitrogen and oxygen atoms in total. The molecular formula is C15H18N2.